The SMILES string of the molecule is NCCCC[C@H](NC(=O)CNC(=O)[C@@H]1CCCN1C(=O)[C@H](Cc1ccc(O)cc1)NC(=O)CN)C(=O)N[C@@H](Cc1c[nH]c2ccccc12)C(=O)O. The number of H-pyrrole nitrogens is 1. The minimum Gasteiger partial charge on any atom is -0.508 e. The standard InChI is InChI=1S/C35H46N8O8/c36-14-4-3-8-26(32(47)42-28(35(50)51)17-22-19-38-25-7-2-1-6-24(22)25)40-31(46)20-39-33(48)29-9-5-15-43(29)34(49)27(41-30(45)18-37)16-21-10-12-23(44)13-11-21/h1-2,6-7,10-13,19,26-29,38,44H,3-5,8-9,14-18,20,36-37H2,(H,39,48)(H,40,46)(H,41,45)(H,42,47)(H,50,51)/t26-,27-,28-,29-/m0/s1. The number of unbranched alkanes of at least 4 members (excludes halogenated alkanes) is 1. The second-order valence-corrected chi connectivity index (χ2v) is 12.5. The second kappa shape index (κ2) is 18.5. The quantitative estimate of drug-likeness (QED) is 0.0758. The molecule has 0 unspecified atom stereocenters. The Morgan fingerprint density at radius 1 is 0.882 bits per heavy atom. The van der Waals surface area contributed by atoms with E-state index in [0.717, 1.165) is 10.9 Å². The van der Waals surface area contributed by atoms with Gasteiger partial charge in [0.2, 0.25) is 29.5 Å². The number of nitrogens with two attached hydrogens (primary N) is 2. The lowest BCUT2D eigenvalue weighted by molar-refractivity contribution is -0.142. The summed E-state index contributed by atoms with van der Waals surface area (Å²) < 4.78 is 0. The largest absolute Gasteiger partial charge is 0.508 e. The third-order valence-electron chi connectivity index (χ3n) is 8.77. The summed E-state index contributed by atoms with van der Waals surface area (Å²) in [5.74, 6) is -4.20. The number of phenolic OH excluding ortho intramolecular Hbond substituents is 1. The van der Waals surface area contributed by atoms with E-state index in [1.807, 2.05) is 24.3 Å². The zero-order valence-corrected chi connectivity index (χ0v) is 28.2. The topological polar surface area (TPSA) is 262 Å². The van der Waals surface area contributed by atoms with Gasteiger partial charge in [-0.05, 0) is 68.0 Å². The van der Waals surface area contributed by atoms with Crippen LogP contribution in [0.4, 0.5) is 0 Å². The second-order valence-electron chi connectivity index (χ2n) is 12.5. The fourth-order valence-corrected chi connectivity index (χ4v) is 6.11. The minimum atomic E-state index is -1.27. The molecule has 4 atom stereocenters. The number of nitrogens with zero attached hydrogens (tertiary/aromatic N) is 1. The van der Waals surface area contributed by atoms with E-state index in [2.05, 4.69) is 26.3 Å². The van der Waals surface area contributed by atoms with Crippen LogP contribution in [0.1, 0.15) is 43.2 Å². The van der Waals surface area contributed by atoms with Crippen LogP contribution in [0.2, 0.25) is 0 Å². The number of fused-ring (bicyclic) bond motifs is 1. The van der Waals surface area contributed by atoms with Crippen molar-refractivity contribution in [1.29, 1.82) is 0 Å². The molecule has 274 valence electrons. The Bertz CT molecular complexity index is 1690. The normalized spacial score (nSPS) is 15.8. The minimum absolute atomic E-state index is 0.00686. The molecule has 11 N–H and O–H groups in total. The van der Waals surface area contributed by atoms with Gasteiger partial charge in [-0.1, -0.05) is 30.3 Å². The van der Waals surface area contributed by atoms with Crippen molar-refractivity contribution in [2.24, 2.45) is 11.5 Å². The van der Waals surface area contributed by atoms with Gasteiger partial charge in [0.1, 0.15) is 29.9 Å². The van der Waals surface area contributed by atoms with Crippen LogP contribution >= 0.6 is 0 Å². The Hall–Kier alpha value is -5.48. The molecular formula is C35H46N8O8. The molecule has 16 heteroatoms. The van der Waals surface area contributed by atoms with Crippen LogP contribution in [-0.2, 0) is 41.6 Å². The highest BCUT2D eigenvalue weighted by atomic mass is 16.4. The Morgan fingerprint density at radius 2 is 1.61 bits per heavy atom. The van der Waals surface area contributed by atoms with E-state index in [0.29, 0.717) is 43.4 Å². The van der Waals surface area contributed by atoms with Gasteiger partial charge in [0, 0.05) is 36.5 Å². The lowest BCUT2D eigenvalue weighted by atomic mass is 10.0. The number of carboxylic acid groups (broad SMARTS) is 1. The Kier molecular flexibility index (Phi) is 13.9. The molecule has 0 aliphatic carbocycles. The van der Waals surface area contributed by atoms with Gasteiger partial charge in [-0.15, -0.1) is 0 Å². The number of benzene rings is 2. The van der Waals surface area contributed by atoms with Gasteiger partial charge < -0.3 is 52.8 Å². The molecule has 0 bridgehead atoms. The number of phenols is 1. The van der Waals surface area contributed by atoms with E-state index < -0.39 is 66.2 Å². The van der Waals surface area contributed by atoms with Gasteiger partial charge in [-0.3, -0.25) is 24.0 Å². The highest BCUT2D eigenvalue weighted by Gasteiger charge is 2.38. The average molecular weight is 707 g/mol. The Balaban J connectivity index is 1.37. The molecule has 2 heterocycles. The van der Waals surface area contributed by atoms with Crippen molar-refractivity contribution in [2.45, 2.75) is 69.1 Å². The third kappa shape index (κ3) is 10.8. The molecule has 16 nitrogen and oxygen atoms in total. The highest BCUT2D eigenvalue weighted by Crippen LogP contribution is 2.21. The first-order chi connectivity index (χ1) is 24.5. The van der Waals surface area contributed by atoms with Crippen LogP contribution in [0, 0.1) is 0 Å². The number of hydrogen-bond acceptors (Lipinski definition) is 9. The average Bonchev–Trinajstić information content (AvgIpc) is 3.78. The number of hydrogen-bond donors (Lipinski definition) is 9. The smallest absolute Gasteiger partial charge is 0.326 e. The van der Waals surface area contributed by atoms with Crippen molar-refractivity contribution in [1.82, 2.24) is 31.2 Å². The number of aromatic hydroxyl groups is 1. The number of aromatic amines is 1. The number of aliphatic carboxylic acids is 1. The van der Waals surface area contributed by atoms with Crippen molar-refractivity contribution in [3.05, 3.63) is 65.9 Å². The summed E-state index contributed by atoms with van der Waals surface area (Å²) in [6.07, 6.45) is 3.87. The van der Waals surface area contributed by atoms with Crippen molar-refractivity contribution < 1.29 is 39.0 Å². The van der Waals surface area contributed by atoms with Gasteiger partial charge in [0.25, 0.3) is 0 Å². The van der Waals surface area contributed by atoms with Crippen molar-refractivity contribution in [3.63, 3.8) is 0 Å². The van der Waals surface area contributed by atoms with E-state index in [-0.39, 0.29) is 38.1 Å². The fraction of sp³-hybridized carbons (Fsp3) is 0.429. The van der Waals surface area contributed by atoms with Gasteiger partial charge in [-0.2, -0.15) is 0 Å². The van der Waals surface area contributed by atoms with E-state index >= 15 is 0 Å². The van der Waals surface area contributed by atoms with Gasteiger partial charge in [0.15, 0.2) is 0 Å². The number of rotatable bonds is 18. The number of para-hydroxylation sites is 1. The Labute approximate surface area is 294 Å². The molecule has 1 fully saturated rings. The molecule has 1 saturated heterocycles. The predicted octanol–water partition coefficient (Wildman–Crippen LogP) is -0.607. The maximum atomic E-state index is 13.6. The zero-order valence-electron chi connectivity index (χ0n) is 28.2. The number of carbonyl (C=O) groups is 6. The summed E-state index contributed by atoms with van der Waals surface area (Å²) in [7, 11) is 0. The molecular weight excluding hydrogens is 660 g/mol. The number of carboxylic acids is 1. The van der Waals surface area contributed by atoms with E-state index in [4.69, 9.17) is 11.5 Å². The number of amides is 5. The molecule has 4 rings (SSSR count). The first-order valence-corrected chi connectivity index (χ1v) is 16.9. The zero-order chi connectivity index (χ0) is 36.9. The lowest BCUT2D eigenvalue weighted by Crippen LogP contribution is -2.56. The lowest BCUT2D eigenvalue weighted by Gasteiger charge is -2.29. The summed E-state index contributed by atoms with van der Waals surface area (Å²) >= 11 is 0. The molecule has 51 heavy (non-hydrogen) atoms. The molecule has 1 aliphatic rings. The molecule has 3 aromatic rings. The van der Waals surface area contributed by atoms with Gasteiger partial charge in [-0.25, -0.2) is 4.79 Å². The molecule has 0 spiro atoms. The van der Waals surface area contributed by atoms with Crippen molar-refractivity contribution in [2.75, 3.05) is 26.2 Å². The monoisotopic (exact) mass is 706 g/mol. The summed E-state index contributed by atoms with van der Waals surface area (Å²) in [5, 5.41) is 30.7. The molecule has 0 radical (unpaired) electrons. The summed E-state index contributed by atoms with van der Waals surface area (Å²) in [6.45, 7) is -0.236. The molecule has 1 aromatic heterocycles. The number of nitrogens with one attached hydrogen (secondary N) is 5. The van der Waals surface area contributed by atoms with Crippen LogP contribution in [-0.4, -0.2) is 106 Å². The van der Waals surface area contributed by atoms with Crippen LogP contribution in [0.25, 0.3) is 10.9 Å². The molecule has 1 aliphatic heterocycles. The fourth-order valence-electron chi connectivity index (χ4n) is 6.11. The van der Waals surface area contributed by atoms with E-state index in [1.54, 1.807) is 18.3 Å². The number of likely N-dealkylation sites (tertiary alicyclic amines) is 1. The summed E-state index contributed by atoms with van der Waals surface area (Å²) in [5.41, 5.74) is 13.3. The van der Waals surface area contributed by atoms with Crippen molar-refractivity contribution >= 4 is 46.4 Å². The summed E-state index contributed by atoms with van der Waals surface area (Å²) in [6, 6.07) is 9.23. The van der Waals surface area contributed by atoms with Crippen LogP contribution in [0.15, 0.2) is 54.7 Å². The van der Waals surface area contributed by atoms with E-state index in [1.165, 1.54) is 17.0 Å². The Morgan fingerprint density at radius 3 is 2.31 bits per heavy atom. The van der Waals surface area contributed by atoms with Crippen LogP contribution in [0.5, 0.6) is 5.75 Å². The van der Waals surface area contributed by atoms with Gasteiger partial charge >= 0.3 is 5.97 Å². The van der Waals surface area contributed by atoms with Gasteiger partial charge in [0.05, 0.1) is 13.1 Å². The van der Waals surface area contributed by atoms with Crippen molar-refractivity contribution in [3.8, 4) is 5.75 Å². The molecule has 5 amide bonds. The maximum absolute atomic E-state index is 13.6. The molecule has 0 saturated carbocycles. The maximum Gasteiger partial charge on any atom is 0.326 e. The highest BCUT2D eigenvalue weighted by molar-refractivity contribution is 5.95. The third-order valence-corrected chi connectivity index (χ3v) is 8.77. The number of carbonyl (C=O) groups excluding carboxylic acids is 5. The first kappa shape index (κ1) is 38.3. The predicted molar refractivity (Wildman–Crippen MR) is 187 cm³/mol. The van der Waals surface area contributed by atoms with Crippen LogP contribution in [0.3, 0.4) is 0 Å². The van der Waals surface area contributed by atoms with E-state index in [9.17, 15) is 39.0 Å². The summed E-state index contributed by atoms with van der Waals surface area (Å²) in [4.78, 5) is 82.1. The number of aromatic nitrogens is 1. The first-order valence-electron chi connectivity index (χ1n) is 16.9. The van der Waals surface area contributed by atoms with Crippen LogP contribution < -0.4 is 32.7 Å². The molecule has 2 aromatic carbocycles.